The number of piperidine rings is 1. The van der Waals surface area contributed by atoms with E-state index in [1.54, 1.807) is 0 Å². The highest BCUT2D eigenvalue weighted by Crippen LogP contribution is 2.27. The standard InChI is InChI=1S/C15H20N2/c1-11-9-13-10-12(6-7-15(13)17(11)2)14-5-3-4-8-16-14/h6-7,9-10,14,16H,3-5,8H2,1-2H3. The van der Waals surface area contributed by atoms with Gasteiger partial charge in [-0.1, -0.05) is 12.5 Å². The normalized spacial score (nSPS) is 20.9. The Morgan fingerprint density at radius 1 is 1.24 bits per heavy atom. The molecule has 1 aromatic carbocycles. The summed E-state index contributed by atoms with van der Waals surface area (Å²) >= 11 is 0. The minimum absolute atomic E-state index is 0.564. The molecule has 0 aliphatic carbocycles. The van der Waals surface area contributed by atoms with Crippen LogP contribution >= 0.6 is 0 Å². The van der Waals surface area contributed by atoms with Gasteiger partial charge in [0.05, 0.1) is 0 Å². The Hall–Kier alpha value is -1.28. The number of benzene rings is 1. The third-order valence-corrected chi connectivity index (χ3v) is 4.02. The fraction of sp³-hybridized carbons (Fsp3) is 0.467. The van der Waals surface area contributed by atoms with E-state index in [1.165, 1.54) is 41.4 Å². The second kappa shape index (κ2) is 4.19. The topological polar surface area (TPSA) is 17.0 Å². The summed E-state index contributed by atoms with van der Waals surface area (Å²) in [6.45, 7) is 3.33. The molecule has 0 spiro atoms. The van der Waals surface area contributed by atoms with Crippen molar-refractivity contribution in [1.82, 2.24) is 9.88 Å². The molecule has 1 fully saturated rings. The van der Waals surface area contributed by atoms with E-state index >= 15 is 0 Å². The van der Waals surface area contributed by atoms with Gasteiger partial charge in [-0.2, -0.15) is 0 Å². The number of rotatable bonds is 1. The summed E-state index contributed by atoms with van der Waals surface area (Å²) in [4.78, 5) is 0. The molecule has 2 aromatic rings. The fourth-order valence-corrected chi connectivity index (χ4v) is 2.86. The van der Waals surface area contributed by atoms with E-state index in [2.05, 4.69) is 48.1 Å². The van der Waals surface area contributed by atoms with Gasteiger partial charge in [-0.3, -0.25) is 0 Å². The van der Waals surface area contributed by atoms with Crippen LogP contribution in [-0.2, 0) is 7.05 Å². The molecule has 3 rings (SSSR count). The first-order valence-electron chi connectivity index (χ1n) is 6.55. The average molecular weight is 228 g/mol. The fourth-order valence-electron chi connectivity index (χ4n) is 2.86. The SMILES string of the molecule is Cc1cc2cc(C3CCCCN3)ccc2n1C. The quantitative estimate of drug-likeness (QED) is 0.792. The van der Waals surface area contributed by atoms with Crippen molar-refractivity contribution >= 4 is 10.9 Å². The molecule has 1 saturated heterocycles. The molecule has 1 aliphatic heterocycles. The van der Waals surface area contributed by atoms with Crippen LogP contribution in [0.5, 0.6) is 0 Å². The van der Waals surface area contributed by atoms with Crippen molar-refractivity contribution in [3.05, 3.63) is 35.5 Å². The van der Waals surface area contributed by atoms with Crippen molar-refractivity contribution in [3.63, 3.8) is 0 Å². The van der Waals surface area contributed by atoms with Crippen LogP contribution in [0, 0.1) is 6.92 Å². The van der Waals surface area contributed by atoms with E-state index in [0.717, 1.165) is 6.54 Å². The Kier molecular flexibility index (Phi) is 2.67. The molecule has 0 bridgehead atoms. The second-order valence-electron chi connectivity index (χ2n) is 5.17. The summed E-state index contributed by atoms with van der Waals surface area (Å²) < 4.78 is 2.26. The molecule has 1 unspecified atom stereocenters. The molecule has 1 aliphatic rings. The van der Waals surface area contributed by atoms with Crippen LogP contribution in [0.1, 0.15) is 36.6 Å². The van der Waals surface area contributed by atoms with Crippen molar-refractivity contribution in [1.29, 1.82) is 0 Å². The Bertz CT molecular complexity index is 533. The monoisotopic (exact) mass is 228 g/mol. The van der Waals surface area contributed by atoms with E-state index in [0.29, 0.717) is 6.04 Å². The third kappa shape index (κ3) is 1.87. The predicted octanol–water partition coefficient (Wildman–Crippen LogP) is 3.30. The van der Waals surface area contributed by atoms with Gasteiger partial charge < -0.3 is 9.88 Å². The maximum Gasteiger partial charge on any atom is 0.0480 e. The first-order valence-corrected chi connectivity index (χ1v) is 6.55. The number of hydrogen-bond acceptors (Lipinski definition) is 1. The van der Waals surface area contributed by atoms with Gasteiger partial charge in [0.15, 0.2) is 0 Å². The van der Waals surface area contributed by atoms with Gasteiger partial charge in [-0.25, -0.2) is 0 Å². The second-order valence-corrected chi connectivity index (χ2v) is 5.17. The van der Waals surface area contributed by atoms with Crippen LogP contribution in [0.4, 0.5) is 0 Å². The number of fused-ring (bicyclic) bond motifs is 1. The van der Waals surface area contributed by atoms with Gasteiger partial charge in [0, 0.05) is 29.7 Å². The maximum atomic E-state index is 3.61. The van der Waals surface area contributed by atoms with Gasteiger partial charge in [0.2, 0.25) is 0 Å². The maximum absolute atomic E-state index is 3.61. The highest BCUT2D eigenvalue weighted by molar-refractivity contribution is 5.82. The van der Waals surface area contributed by atoms with E-state index in [1.807, 2.05) is 0 Å². The lowest BCUT2D eigenvalue weighted by atomic mass is 9.97. The highest BCUT2D eigenvalue weighted by atomic mass is 14.9. The van der Waals surface area contributed by atoms with Crippen LogP contribution in [-0.4, -0.2) is 11.1 Å². The van der Waals surface area contributed by atoms with Crippen LogP contribution in [0.3, 0.4) is 0 Å². The van der Waals surface area contributed by atoms with Crippen molar-refractivity contribution < 1.29 is 0 Å². The summed E-state index contributed by atoms with van der Waals surface area (Å²) in [7, 11) is 2.14. The number of aromatic nitrogens is 1. The third-order valence-electron chi connectivity index (χ3n) is 4.02. The smallest absolute Gasteiger partial charge is 0.0480 e. The number of hydrogen-bond donors (Lipinski definition) is 1. The van der Waals surface area contributed by atoms with Crippen LogP contribution in [0.2, 0.25) is 0 Å². The van der Waals surface area contributed by atoms with Gasteiger partial charge >= 0.3 is 0 Å². The molecule has 1 aromatic heterocycles. The molecule has 2 heterocycles. The molecule has 2 nitrogen and oxygen atoms in total. The molecule has 17 heavy (non-hydrogen) atoms. The Morgan fingerprint density at radius 3 is 2.88 bits per heavy atom. The Labute approximate surface area is 103 Å². The summed E-state index contributed by atoms with van der Waals surface area (Å²) in [5, 5.41) is 4.98. The number of aryl methyl sites for hydroxylation is 2. The van der Waals surface area contributed by atoms with Gasteiger partial charge in [0.1, 0.15) is 0 Å². The molecule has 90 valence electrons. The van der Waals surface area contributed by atoms with Crippen molar-refractivity contribution in [2.45, 2.75) is 32.2 Å². The molecule has 0 radical (unpaired) electrons. The molecule has 1 N–H and O–H groups in total. The zero-order valence-electron chi connectivity index (χ0n) is 10.7. The summed E-state index contributed by atoms with van der Waals surface area (Å²) in [6, 6.07) is 9.74. The largest absolute Gasteiger partial charge is 0.348 e. The van der Waals surface area contributed by atoms with E-state index in [4.69, 9.17) is 0 Å². The number of nitrogens with zero attached hydrogens (tertiary/aromatic N) is 1. The summed E-state index contributed by atoms with van der Waals surface area (Å²) in [6.07, 6.45) is 3.95. The first kappa shape index (κ1) is 10.8. The van der Waals surface area contributed by atoms with E-state index < -0.39 is 0 Å². The van der Waals surface area contributed by atoms with Crippen molar-refractivity contribution in [3.8, 4) is 0 Å². The summed E-state index contributed by atoms with van der Waals surface area (Å²) in [5.41, 5.74) is 4.11. The summed E-state index contributed by atoms with van der Waals surface area (Å²) in [5.74, 6) is 0. The lowest BCUT2D eigenvalue weighted by molar-refractivity contribution is 0.412. The van der Waals surface area contributed by atoms with E-state index in [-0.39, 0.29) is 0 Å². The molecular formula is C15H20N2. The highest BCUT2D eigenvalue weighted by Gasteiger charge is 2.15. The van der Waals surface area contributed by atoms with E-state index in [9.17, 15) is 0 Å². The van der Waals surface area contributed by atoms with Crippen molar-refractivity contribution in [2.24, 2.45) is 7.05 Å². The Morgan fingerprint density at radius 2 is 2.12 bits per heavy atom. The van der Waals surface area contributed by atoms with Gasteiger partial charge in [-0.05, 0) is 50.1 Å². The Balaban J connectivity index is 2.01. The zero-order chi connectivity index (χ0) is 11.8. The number of nitrogens with one attached hydrogen (secondary N) is 1. The molecule has 0 saturated carbocycles. The molecule has 0 amide bonds. The lowest BCUT2D eigenvalue weighted by Gasteiger charge is -2.23. The molecule has 1 atom stereocenters. The van der Waals surface area contributed by atoms with Crippen LogP contribution in [0.15, 0.2) is 24.3 Å². The average Bonchev–Trinajstić information content (AvgIpc) is 2.66. The lowest BCUT2D eigenvalue weighted by Crippen LogP contribution is -2.26. The minimum Gasteiger partial charge on any atom is -0.348 e. The van der Waals surface area contributed by atoms with Gasteiger partial charge in [-0.15, -0.1) is 0 Å². The predicted molar refractivity (Wildman–Crippen MR) is 72.3 cm³/mol. The van der Waals surface area contributed by atoms with Gasteiger partial charge in [0.25, 0.3) is 0 Å². The first-order chi connectivity index (χ1) is 8.25. The van der Waals surface area contributed by atoms with Crippen molar-refractivity contribution in [2.75, 3.05) is 6.54 Å². The minimum atomic E-state index is 0.564. The van der Waals surface area contributed by atoms with Crippen LogP contribution in [0.25, 0.3) is 10.9 Å². The zero-order valence-corrected chi connectivity index (χ0v) is 10.7. The molecule has 2 heteroatoms. The molecular weight excluding hydrogens is 208 g/mol. The van der Waals surface area contributed by atoms with Crippen LogP contribution < -0.4 is 5.32 Å².